The number of rotatable bonds is 4. The predicted molar refractivity (Wildman–Crippen MR) is 85.0 cm³/mol. The smallest absolute Gasteiger partial charge is 0.339 e. The molecule has 0 spiro atoms. The molecular formula is C16H17FN4O3. The summed E-state index contributed by atoms with van der Waals surface area (Å²) < 4.78 is 18.3. The van der Waals surface area contributed by atoms with Crippen molar-refractivity contribution in [2.24, 2.45) is 4.99 Å². The fourth-order valence-electron chi connectivity index (χ4n) is 2.37. The van der Waals surface area contributed by atoms with Gasteiger partial charge >= 0.3 is 5.97 Å². The van der Waals surface area contributed by atoms with E-state index in [4.69, 9.17) is 4.74 Å². The number of esters is 1. The molecule has 0 saturated heterocycles. The van der Waals surface area contributed by atoms with E-state index in [9.17, 15) is 14.3 Å². The highest BCUT2D eigenvalue weighted by molar-refractivity contribution is 5.96. The number of carbonyl (C=O) groups excluding carboxylic acids is 1. The minimum absolute atomic E-state index is 0.000114. The summed E-state index contributed by atoms with van der Waals surface area (Å²) in [5, 5.41) is 14.4. The van der Waals surface area contributed by atoms with Crippen LogP contribution in [-0.4, -0.2) is 35.1 Å². The molecule has 7 nitrogen and oxygen atoms in total. The molecule has 0 aliphatic carbocycles. The van der Waals surface area contributed by atoms with Crippen LogP contribution in [0.2, 0.25) is 0 Å². The van der Waals surface area contributed by atoms with Crippen LogP contribution in [0.4, 0.5) is 4.39 Å². The SMILES string of the molecule is CCOC(=O)C1=C2N=C(NCc3cc(F)ccc3O)C=CN2NC1. The molecule has 126 valence electrons. The summed E-state index contributed by atoms with van der Waals surface area (Å²) in [4.78, 5) is 16.3. The van der Waals surface area contributed by atoms with E-state index in [-0.39, 0.29) is 12.3 Å². The number of carbonyl (C=O) groups is 1. The molecule has 2 aliphatic heterocycles. The summed E-state index contributed by atoms with van der Waals surface area (Å²) in [6.07, 6.45) is 3.43. The van der Waals surface area contributed by atoms with Gasteiger partial charge in [0, 0.05) is 18.3 Å². The number of ether oxygens (including phenoxy) is 1. The summed E-state index contributed by atoms with van der Waals surface area (Å²) in [6, 6.07) is 3.74. The van der Waals surface area contributed by atoms with E-state index < -0.39 is 11.8 Å². The van der Waals surface area contributed by atoms with Gasteiger partial charge in [0.2, 0.25) is 0 Å². The van der Waals surface area contributed by atoms with Crippen LogP contribution in [0.5, 0.6) is 5.75 Å². The van der Waals surface area contributed by atoms with Crippen LogP contribution < -0.4 is 10.7 Å². The normalized spacial score (nSPS) is 16.1. The second-order valence-electron chi connectivity index (χ2n) is 5.17. The van der Waals surface area contributed by atoms with Crippen LogP contribution in [0.3, 0.4) is 0 Å². The average molecular weight is 332 g/mol. The molecule has 2 aliphatic rings. The molecule has 1 aromatic carbocycles. The van der Waals surface area contributed by atoms with Crippen LogP contribution in [0.25, 0.3) is 0 Å². The number of hydrazine groups is 1. The van der Waals surface area contributed by atoms with Crippen LogP contribution in [0.15, 0.2) is 46.9 Å². The maximum atomic E-state index is 13.2. The molecule has 0 radical (unpaired) electrons. The Morgan fingerprint density at radius 3 is 3.17 bits per heavy atom. The van der Waals surface area contributed by atoms with Crippen molar-refractivity contribution in [1.29, 1.82) is 0 Å². The topological polar surface area (TPSA) is 86.2 Å². The molecule has 3 rings (SSSR count). The number of halogens is 1. The van der Waals surface area contributed by atoms with Crippen molar-refractivity contribution in [3.05, 3.63) is 53.2 Å². The van der Waals surface area contributed by atoms with Gasteiger partial charge < -0.3 is 15.2 Å². The van der Waals surface area contributed by atoms with Gasteiger partial charge in [-0.25, -0.2) is 19.6 Å². The summed E-state index contributed by atoms with van der Waals surface area (Å²) in [6.45, 7) is 2.56. The lowest BCUT2D eigenvalue weighted by Crippen LogP contribution is -2.31. The molecule has 8 heteroatoms. The molecule has 2 heterocycles. The van der Waals surface area contributed by atoms with E-state index in [1.54, 1.807) is 24.2 Å². The highest BCUT2D eigenvalue weighted by Gasteiger charge is 2.28. The van der Waals surface area contributed by atoms with Gasteiger partial charge in [0.25, 0.3) is 0 Å². The predicted octanol–water partition coefficient (Wildman–Crippen LogP) is 1.14. The first-order valence-electron chi connectivity index (χ1n) is 7.49. The molecule has 0 atom stereocenters. The van der Waals surface area contributed by atoms with Crippen molar-refractivity contribution in [1.82, 2.24) is 15.8 Å². The molecule has 1 aromatic rings. The molecule has 0 saturated carbocycles. The number of phenolic OH excluding ortho intramolecular Hbond substituents is 1. The maximum Gasteiger partial charge on any atom is 0.339 e. The van der Waals surface area contributed by atoms with E-state index >= 15 is 0 Å². The first-order valence-corrected chi connectivity index (χ1v) is 7.49. The summed E-state index contributed by atoms with van der Waals surface area (Å²) >= 11 is 0. The van der Waals surface area contributed by atoms with Crippen molar-refractivity contribution in [3.63, 3.8) is 0 Å². The quantitative estimate of drug-likeness (QED) is 0.717. The Kier molecular flexibility index (Phi) is 4.48. The zero-order valence-electron chi connectivity index (χ0n) is 13.0. The minimum Gasteiger partial charge on any atom is -0.508 e. The standard InChI is InChI=1S/C16H17FN4O3/c1-2-24-16(23)12-9-19-21-6-5-14(20-15(12)21)18-8-10-7-11(17)3-4-13(10)22/h3-7,19,22H,2,8-9H2,1H3,(H,18,20). The van der Waals surface area contributed by atoms with Crippen LogP contribution in [0.1, 0.15) is 12.5 Å². The monoisotopic (exact) mass is 332 g/mol. The van der Waals surface area contributed by atoms with Crippen LogP contribution in [0, 0.1) is 5.82 Å². The highest BCUT2D eigenvalue weighted by atomic mass is 19.1. The fraction of sp³-hybridized carbons (Fsp3) is 0.250. The van der Waals surface area contributed by atoms with Crippen molar-refractivity contribution >= 4 is 11.8 Å². The second-order valence-corrected chi connectivity index (χ2v) is 5.17. The van der Waals surface area contributed by atoms with E-state index in [2.05, 4.69) is 15.7 Å². The van der Waals surface area contributed by atoms with E-state index in [1.807, 2.05) is 0 Å². The first-order chi connectivity index (χ1) is 11.6. The average Bonchev–Trinajstić information content (AvgIpc) is 2.99. The van der Waals surface area contributed by atoms with Crippen LogP contribution in [-0.2, 0) is 16.1 Å². The minimum atomic E-state index is -0.427. The number of nitrogens with zero attached hydrogens (tertiary/aromatic N) is 2. The Morgan fingerprint density at radius 1 is 1.54 bits per heavy atom. The van der Waals surface area contributed by atoms with Gasteiger partial charge in [0.05, 0.1) is 18.7 Å². The molecule has 0 unspecified atom stereocenters. The molecule has 3 N–H and O–H groups in total. The van der Waals surface area contributed by atoms with E-state index in [1.165, 1.54) is 18.2 Å². The number of hydrogen-bond acceptors (Lipinski definition) is 7. The Bertz CT molecular complexity index is 758. The van der Waals surface area contributed by atoms with Crippen molar-refractivity contribution in [2.45, 2.75) is 13.5 Å². The second kappa shape index (κ2) is 6.71. The Balaban J connectivity index is 1.76. The molecule has 24 heavy (non-hydrogen) atoms. The van der Waals surface area contributed by atoms with Crippen molar-refractivity contribution in [3.8, 4) is 5.75 Å². The zero-order chi connectivity index (χ0) is 17.1. The Hall–Kier alpha value is -2.87. The molecule has 0 fully saturated rings. The number of amidine groups is 1. The number of aliphatic imine (C=N–C) groups is 1. The van der Waals surface area contributed by atoms with Gasteiger partial charge in [-0.2, -0.15) is 0 Å². The van der Waals surface area contributed by atoms with Crippen LogP contribution >= 0.6 is 0 Å². The number of nitrogens with one attached hydrogen (secondary N) is 2. The molecule has 0 bridgehead atoms. The number of fused-ring (bicyclic) bond motifs is 1. The van der Waals surface area contributed by atoms with E-state index in [0.29, 0.717) is 35.9 Å². The van der Waals surface area contributed by atoms with Gasteiger partial charge in [0.1, 0.15) is 17.4 Å². The lowest BCUT2D eigenvalue weighted by Gasteiger charge is -2.20. The summed E-state index contributed by atoms with van der Waals surface area (Å²) in [5.41, 5.74) is 3.86. The molecule has 0 aromatic heterocycles. The highest BCUT2D eigenvalue weighted by Crippen LogP contribution is 2.22. The van der Waals surface area contributed by atoms with Crippen molar-refractivity contribution < 1.29 is 19.0 Å². The Labute approximate surface area is 138 Å². The third kappa shape index (κ3) is 3.23. The maximum absolute atomic E-state index is 13.2. The summed E-state index contributed by atoms with van der Waals surface area (Å²) in [5.74, 6) is 0.116. The summed E-state index contributed by atoms with van der Waals surface area (Å²) in [7, 11) is 0. The number of benzene rings is 1. The van der Waals surface area contributed by atoms with Gasteiger partial charge in [-0.05, 0) is 31.2 Å². The largest absolute Gasteiger partial charge is 0.508 e. The number of phenols is 1. The fourth-order valence-corrected chi connectivity index (χ4v) is 2.37. The number of aromatic hydroxyl groups is 1. The van der Waals surface area contributed by atoms with E-state index in [0.717, 1.165) is 0 Å². The zero-order valence-corrected chi connectivity index (χ0v) is 13.0. The molecular weight excluding hydrogens is 315 g/mol. The van der Waals surface area contributed by atoms with Gasteiger partial charge in [-0.15, -0.1) is 0 Å². The lowest BCUT2D eigenvalue weighted by atomic mass is 10.2. The third-order valence-corrected chi connectivity index (χ3v) is 3.56. The van der Waals surface area contributed by atoms with Gasteiger partial charge in [-0.3, -0.25) is 5.01 Å². The van der Waals surface area contributed by atoms with Crippen molar-refractivity contribution in [2.75, 3.05) is 13.2 Å². The van der Waals surface area contributed by atoms with Gasteiger partial charge in [-0.1, -0.05) is 0 Å². The molecule has 0 amide bonds. The number of hydrogen-bond donors (Lipinski definition) is 3. The first kappa shape index (κ1) is 16.0. The Morgan fingerprint density at radius 2 is 2.38 bits per heavy atom. The van der Waals surface area contributed by atoms with Gasteiger partial charge in [0.15, 0.2) is 5.82 Å². The lowest BCUT2D eigenvalue weighted by molar-refractivity contribution is -0.138. The third-order valence-electron chi connectivity index (χ3n) is 3.56.